The number of benzene rings is 1. The average molecular weight is 245 g/mol. The van der Waals surface area contributed by atoms with E-state index in [0.29, 0.717) is 0 Å². The fraction of sp³-hybridized carbons (Fsp3) is 0.125. The van der Waals surface area contributed by atoms with Crippen molar-refractivity contribution in [3.8, 4) is 0 Å². The molecule has 0 saturated carbocycles. The SMILES string of the molecule is Cc1nc2ccc(P(=O)(O)OO)cc2s1. The van der Waals surface area contributed by atoms with E-state index >= 15 is 0 Å². The Morgan fingerprint density at radius 3 is 2.93 bits per heavy atom. The standard InChI is InChI=1S/C8H8NO4PS/c1-5-9-7-3-2-6(4-8(7)15-5)14(11,12)13-10/h2-4,10H,1H3,(H,11,12). The first kappa shape index (κ1) is 10.7. The summed E-state index contributed by atoms with van der Waals surface area (Å²) in [7, 11) is -4.09. The largest absolute Gasteiger partial charge is 0.385 e. The molecule has 0 spiro atoms. The topological polar surface area (TPSA) is 79.7 Å². The number of fused-ring (bicyclic) bond motifs is 1. The van der Waals surface area contributed by atoms with Crippen LogP contribution < -0.4 is 5.30 Å². The van der Waals surface area contributed by atoms with Gasteiger partial charge in [-0.25, -0.2) is 10.2 Å². The molecule has 7 heteroatoms. The van der Waals surface area contributed by atoms with Gasteiger partial charge in [0.25, 0.3) is 0 Å². The molecule has 2 rings (SSSR count). The molecule has 1 atom stereocenters. The van der Waals surface area contributed by atoms with Crippen molar-refractivity contribution in [3.63, 3.8) is 0 Å². The maximum atomic E-state index is 11.3. The Morgan fingerprint density at radius 1 is 1.53 bits per heavy atom. The van der Waals surface area contributed by atoms with Gasteiger partial charge in [0.05, 0.1) is 20.5 Å². The average Bonchev–Trinajstić information content (AvgIpc) is 2.56. The molecule has 0 amide bonds. The predicted octanol–water partition coefficient (Wildman–Crippen LogP) is 1.91. The van der Waals surface area contributed by atoms with Gasteiger partial charge < -0.3 is 4.89 Å². The van der Waals surface area contributed by atoms with Gasteiger partial charge in [-0.05, 0) is 25.1 Å². The first-order valence-electron chi connectivity index (χ1n) is 4.06. The zero-order valence-corrected chi connectivity index (χ0v) is 9.46. The number of hydrogen-bond donors (Lipinski definition) is 2. The second-order valence-corrected chi connectivity index (χ2v) is 5.94. The number of nitrogens with zero attached hydrogens (tertiary/aromatic N) is 1. The van der Waals surface area contributed by atoms with Crippen molar-refractivity contribution < 1.29 is 19.4 Å². The summed E-state index contributed by atoms with van der Waals surface area (Å²) >= 11 is 1.41. The Balaban J connectivity index is 2.60. The molecule has 0 fully saturated rings. The van der Waals surface area contributed by atoms with Crippen molar-refractivity contribution in [2.45, 2.75) is 6.92 Å². The van der Waals surface area contributed by atoms with Crippen LogP contribution >= 0.6 is 18.9 Å². The van der Waals surface area contributed by atoms with E-state index in [-0.39, 0.29) is 5.30 Å². The number of thiazole rings is 1. The number of rotatable bonds is 2. The highest BCUT2D eigenvalue weighted by Crippen LogP contribution is 2.40. The fourth-order valence-electron chi connectivity index (χ4n) is 1.25. The van der Waals surface area contributed by atoms with Crippen LogP contribution in [-0.4, -0.2) is 15.1 Å². The van der Waals surface area contributed by atoms with Gasteiger partial charge in [-0.2, -0.15) is 0 Å². The summed E-state index contributed by atoms with van der Waals surface area (Å²) < 4.78 is 15.7. The Labute approximate surface area is 89.4 Å². The van der Waals surface area contributed by atoms with Crippen LogP contribution in [0.15, 0.2) is 18.2 Å². The number of hydrogen-bond acceptors (Lipinski definition) is 5. The third-order valence-electron chi connectivity index (χ3n) is 1.92. The summed E-state index contributed by atoms with van der Waals surface area (Å²) in [5, 5.41) is 9.23. The van der Waals surface area contributed by atoms with E-state index in [1.54, 1.807) is 6.07 Å². The molecule has 0 radical (unpaired) electrons. The lowest BCUT2D eigenvalue weighted by atomic mass is 10.3. The molecule has 0 aliphatic rings. The fourth-order valence-corrected chi connectivity index (χ4v) is 2.85. The van der Waals surface area contributed by atoms with E-state index in [9.17, 15) is 9.46 Å². The molecule has 1 aromatic heterocycles. The molecule has 0 aliphatic heterocycles. The summed E-state index contributed by atoms with van der Waals surface area (Å²) in [6.07, 6.45) is 0. The van der Waals surface area contributed by atoms with Crippen molar-refractivity contribution in [1.82, 2.24) is 4.98 Å². The molecule has 0 aliphatic carbocycles. The van der Waals surface area contributed by atoms with E-state index in [2.05, 4.69) is 9.66 Å². The van der Waals surface area contributed by atoms with Crippen molar-refractivity contribution in [3.05, 3.63) is 23.2 Å². The zero-order chi connectivity index (χ0) is 11.1. The lowest BCUT2D eigenvalue weighted by molar-refractivity contribution is -0.143. The van der Waals surface area contributed by atoms with Crippen LogP contribution in [0.3, 0.4) is 0 Å². The van der Waals surface area contributed by atoms with E-state index in [1.807, 2.05) is 6.92 Å². The van der Waals surface area contributed by atoms with Crippen molar-refractivity contribution >= 4 is 34.5 Å². The Bertz CT molecular complexity index is 553. The summed E-state index contributed by atoms with van der Waals surface area (Å²) in [5.41, 5.74) is 0.763. The van der Waals surface area contributed by atoms with Crippen LogP contribution in [0, 0.1) is 6.92 Å². The van der Waals surface area contributed by atoms with Crippen LogP contribution in [0.1, 0.15) is 5.01 Å². The lowest BCUT2D eigenvalue weighted by Gasteiger charge is -2.05. The first-order valence-corrected chi connectivity index (χ1v) is 6.46. The van der Waals surface area contributed by atoms with Crippen LogP contribution in [0.4, 0.5) is 0 Å². The highest BCUT2D eigenvalue weighted by atomic mass is 32.1. The van der Waals surface area contributed by atoms with E-state index in [1.165, 1.54) is 23.5 Å². The predicted molar refractivity (Wildman–Crippen MR) is 57.5 cm³/mol. The molecule has 2 N–H and O–H groups in total. The maximum Gasteiger partial charge on any atom is 0.385 e. The summed E-state index contributed by atoms with van der Waals surface area (Å²) in [4.78, 5) is 13.4. The van der Waals surface area contributed by atoms with E-state index < -0.39 is 7.60 Å². The molecule has 80 valence electrons. The lowest BCUT2D eigenvalue weighted by Crippen LogP contribution is -2.04. The third-order valence-corrected chi connectivity index (χ3v) is 4.00. The van der Waals surface area contributed by atoms with E-state index in [0.717, 1.165) is 15.2 Å². The molecule has 0 bridgehead atoms. The van der Waals surface area contributed by atoms with Crippen molar-refractivity contribution in [1.29, 1.82) is 0 Å². The van der Waals surface area contributed by atoms with Crippen LogP contribution in [-0.2, 0) is 9.24 Å². The normalized spacial score (nSPS) is 15.4. The minimum Gasteiger partial charge on any atom is -0.319 e. The summed E-state index contributed by atoms with van der Waals surface area (Å²) in [6, 6.07) is 4.53. The summed E-state index contributed by atoms with van der Waals surface area (Å²) in [6.45, 7) is 1.85. The first-order chi connectivity index (χ1) is 7.03. The minimum absolute atomic E-state index is 0.0566. The van der Waals surface area contributed by atoms with Gasteiger partial charge in [0.2, 0.25) is 0 Å². The zero-order valence-electron chi connectivity index (χ0n) is 7.75. The van der Waals surface area contributed by atoms with Crippen LogP contribution in [0.5, 0.6) is 0 Å². The van der Waals surface area contributed by atoms with E-state index in [4.69, 9.17) is 5.26 Å². The second-order valence-electron chi connectivity index (χ2n) is 2.99. The molecular weight excluding hydrogens is 237 g/mol. The van der Waals surface area contributed by atoms with Gasteiger partial charge in [-0.1, -0.05) is 0 Å². The van der Waals surface area contributed by atoms with Gasteiger partial charge in [0.1, 0.15) is 0 Å². The van der Waals surface area contributed by atoms with Crippen LogP contribution in [0.2, 0.25) is 0 Å². The molecular formula is C8H8NO4PS. The third kappa shape index (κ3) is 1.95. The maximum absolute atomic E-state index is 11.3. The molecule has 15 heavy (non-hydrogen) atoms. The van der Waals surface area contributed by atoms with Crippen LogP contribution in [0.25, 0.3) is 10.2 Å². The smallest absolute Gasteiger partial charge is 0.319 e. The molecule has 0 saturated heterocycles. The van der Waals surface area contributed by atoms with Gasteiger partial charge in [-0.3, -0.25) is 4.57 Å². The van der Waals surface area contributed by atoms with Gasteiger partial charge >= 0.3 is 7.60 Å². The minimum atomic E-state index is -4.09. The highest BCUT2D eigenvalue weighted by molar-refractivity contribution is 7.61. The van der Waals surface area contributed by atoms with Gasteiger partial charge in [0, 0.05) is 0 Å². The number of aryl methyl sites for hydroxylation is 1. The Hall–Kier alpha value is -0.780. The molecule has 5 nitrogen and oxygen atoms in total. The monoisotopic (exact) mass is 245 g/mol. The van der Waals surface area contributed by atoms with Gasteiger partial charge in [0.15, 0.2) is 0 Å². The number of aromatic nitrogens is 1. The molecule has 2 aromatic rings. The van der Waals surface area contributed by atoms with Gasteiger partial charge in [-0.15, -0.1) is 16.0 Å². The highest BCUT2D eigenvalue weighted by Gasteiger charge is 2.23. The molecule has 1 heterocycles. The summed E-state index contributed by atoms with van der Waals surface area (Å²) in [5.74, 6) is 0. The second kappa shape index (κ2) is 3.66. The molecule has 1 aromatic carbocycles. The van der Waals surface area contributed by atoms with Crippen molar-refractivity contribution in [2.75, 3.05) is 0 Å². The quantitative estimate of drug-likeness (QED) is 0.480. The molecule has 1 unspecified atom stereocenters. The Morgan fingerprint density at radius 2 is 2.27 bits per heavy atom. The Kier molecular flexibility index (Phi) is 2.62. The van der Waals surface area contributed by atoms with Crippen molar-refractivity contribution in [2.24, 2.45) is 0 Å².